The standard InChI is InChI=1S/C24H33F3N8O2.ClH/c1-28-21-31-22(33-23(32-21)35-12-10-34(2)11-13-35)30-18-8-5-7-16(14-18)20(36)29-15-17-6-3-4-9-19(17)37-24(25,26)27;/h3-4,6,9,16,18H,5,7-8,10-15H2,1-2H3,(H,29,36)(H2,28,30,31,32,33);1H. The van der Waals surface area contributed by atoms with E-state index in [9.17, 15) is 18.0 Å². The van der Waals surface area contributed by atoms with Crippen LogP contribution in [0.2, 0.25) is 0 Å². The Labute approximate surface area is 226 Å². The number of benzene rings is 1. The predicted octanol–water partition coefficient (Wildman–Crippen LogP) is 3.27. The molecular formula is C24H34ClF3N8O2. The number of ether oxygens (including phenoxy) is 1. The van der Waals surface area contributed by atoms with E-state index in [1.807, 2.05) is 0 Å². The molecule has 1 amide bonds. The smallest absolute Gasteiger partial charge is 0.405 e. The fraction of sp³-hybridized carbons (Fsp3) is 0.583. The van der Waals surface area contributed by atoms with E-state index in [2.05, 4.69) is 52.5 Å². The van der Waals surface area contributed by atoms with E-state index >= 15 is 0 Å². The zero-order chi connectivity index (χ0) is 26.4. The molecule has 1 aliphatic heterocycles. The summed E-state index contributed by atoms with van der Waals surface area (Å²) in [5, 5.41) is 9.14. The summed E-state index contributed by atoms with van der Waals surface area (Å²) in [6, 6.07) is 5.79. The minimum atomic E-state index is -4.80. The topological polar surface area (TPSA) is 108 Å². The Morgan fingerprint density at radius 1 is 1.08 bits per heavy atom. The van der Waals surface area contributed by atoms with E-state index < -0.39 is 6.36 Å². The van der Waals surface area contributed by atoms with Gasteiger partial charge in [0.25, 0.3) is 0 Å². The fourth-order valence-corrected chi connectivity index (χ4v) is 4.63. The maximum absolute atomic E-state index is 12.9. The minimum absolute atomic E-state index is 0. The lowest BCUT2D eigenvalue weighted by Crippen LogP contribution is -2.45. The Morgan fingerprint density at radius 3 is 2.50 bits per heavy atom. The number of nitrogens with one attached hydrogen (secondary N) is 3. The Morgan fingerprint density at radius 2 is 1.79 bits per heavy atom. The second kappa shape index (κ2) is 13.1. The molecule has 0 radical (unpaired) electrons. The zero-order valence-electron chi connectivity index (χ0n) is 21.4. The Balaban J connectivity index is 0.00000400. The number of aromatic nitrogens is 3. The summed E-state index contributed by atoms with van der Waals surface area (Å²) in [7, 11) is 3.84. The van der Waals surface area contributed by atoms with Crippen LogP contribution >= 0.6 is 12.4 Å². The summed E-state index contributed by atoms with van der Waals surface area (Å²) in [6.45, 7) is 3.45. The number of carbonyl (C=O) groups excluding carboxylic acids is 1. The van der Waals surface area contributed by atoms with Crippen LogP contribution in [0.25, 0.3) is 0 Å². The van der Waals surface area contributed by atoms with Crippen molar-refractivity contribution < 1.29 is 22.7 Å². The molecule has 2 aliphatic rings. The van der Waals surface area contributed by atoms with Crippen molar-refractivity contribution >= 4 is 36.2 Å². The van der Waals surface area contributed by atoms with Gasteiger partial charge in [-0.3, -0.25) is 4.79 Å². The van der Waals surface area contributed by atoms with Gasteiger partial charge in [-0.15, -0.1) is 25.6 Å². The molecule has 10 nitrogen and oxygen atoms in total. The van der Waals surface area contributed by atoms with Gasteiger partial charge in [0, 0.05) is 57.3 Å². The van der Waals surface area contributed by atoms with Gasteiger partial charge in [-0.25, -0.2) is 0 Å². The van der Waals surface area contributed by atoms with Gasteiger partial charge in [0.05, 0.1) is 0 Å². The van der Waals surface area contributed by atoms with Crippen LogP contribution < -0.4 is 25.6 Å². The van der Waals surface area contributed by atoms with Crippen LogP contribution in [-0.2, 0) is 11.3 Å². The van der Waals surface area contributed by atoms with Crippen molar-refractivity contribution in [2.24, 2.45) is 5.92 Å². The monoisotopic (exact) mass is 558 g/mol. The second-order valence-electron chi connectivity index (χ2n) is 9.40. The maximum atomic E-state index is 12.9. The largest absolute Gasteiger partial charge is 0.573 e. The lowest BCUT2D eigenvalue weighted by molar-refractivity contribution is -0.274. The van der Waals surface area contributed by atoms with Gasteiger partial charge in [0.1, 0.15) is 5.75 Å². The summed E-state index contributed by atoms with van der Waals surface area (Å²) in [5.41, 5.74) is 0.264. The third-order valence-electron chi connectivity index (χ3n) is 6.66. The number of amides is 1. The molecule has 1 aromatic carbocycles. The van der Waals surface area contributed by atoms with E-state index in [1.165, 1.54) is 18.2 Å². The number of likely N-dealkylation sites (N-methyl/N-ethyl adjacent to an activating group) is 1. The summed E-state index contributed by atoms with van der Waals surface area (Å²) >= 11 is 0. The molecule has 0 bridgehead atoms. The van der Waals surface area contributed by atoms with Crippen LogP contribution in [0.3, 0.4) is 0 Å². The summed E-state index contributed by atoms with van der Waals surface area (Å²) < 4.78 is 42.1. The third-order valence-corrected chi connectivity index (χ3v) is 6.66. The highest BCUT2D eigenvalue weighted by molar-refractivity contribution is 5.85. The number of alkyl halides is 3. The van der Waals surface area contributed by atoms with E-state index in [-0.39, 0.29) is 48.1 Å². The summed E-state index contributed by atoms with van der Waals surface area (Å²) in [4.78, 5) is 30.9. The highest BCUT2D eigenvalue weighted by Crippen LogP contribution is 2.29. The van der Waals surface area contributed by atoms with Crippen LogP contribution in [0, 0.1) is 5.92 Å². The van der Waals surface area contributed by atoms with Crippen LogP contribution in [0.15, 0.2) is 24.3 Å². The van der Waals surface area contributed by atoms with Crippen molar-refractivity contribution in [2.75, 3.05) is 55.8 Å². The van der Waals surface area contributed by atoms with Gasteiger partial charge in [-0.05, 0) is 32.4 Å². The highest BCUT2D eigenvalue weighted by atomic mass is 35.5. The average Bonchev–Trinajstić information content (AvgIpc) is 2.87. The highest BCUT2D eigenvalue weighted by Gasteiger charge is 2.32. The first kappa shape index (κ1) is 29.5. The lowest BCUT2D eigenvalue weighted by Gasteiger charge is -2.33. The average molecular weight is 559 g/mol. The Hall–Kier alpha value is -3.06. The van der Waals surface area contributed by atoms with Crippen molar-refractivity contribution in [1.29, 1.82) is 0 Å². The number of piperazine rings is 1. The molecule has 14 heteroatoms. The van der Waals surface area contributed by atoms with E-state index in [4.69, 9.17) is 0 Å². The van der Waals surface area contributed by atoms with Crippen molar-refractivity contribution in [2.45, 2.75) is 44.6 Å². The van der Waals surface area contributed by atoms with Gasteiger partial charge >= 0.3 is 6.36 Å². The molecule has 210 valence electrons. The summed E-state index contributed by atoms with van der Waals surface area (Å²) in [5.74, 6) is 0.751. The second-order valence-corrected chi connectivity index (χ2v) is 9.40. The zero-order valence-corrected chi connectivity index (χ0v) is 22.2. The number of hydrogen-bond donors (Lipinski definition) is 3. The number of carbonyl (C=O) groups is 1. The van der Waals surface area contributed by atoms with Crippen molar-refractivity contribution in [3.63, 3.8) is 0 Å². The summed E-state index contributed by atoms with van der Waals surface area (Å²) in [6.07, 6.45) is -1.84. The van der Waals surface area contributed by atoms with E-state index in [0.717, 1.165) is 39.0 Å². The molecule has 1 saturated heterocycles. The van der Waals surface area contributed by atoms with E-state index in [0.29, 0.717) is 30.7 Å². The molecule has 1 aliphatic carbocycles. The van der Waals surface area contributed by atoms with Crippen molar-refractivity contribution in [1.82, 2.24) is 25.2 Å². The lowest BCUT2D eigenvalue weighted by atomic mass is 9.85. The molecule has 38 heavy (non-hydrogen) atoms. The number of nitrogens with zero attached hydrogens (tertiary/aromatic N) is 5. The first-order valence-corrected chi connectivity index (χ1v) is 12.5. The molecule has 0 spiro atoms. The Kier molecular flexibility index (Phi) is 10.2. The number of rotatable bonds is 8. The number of anilines is 3. The third kappa shape index (κ3) is 8.22. The molecule has 2 heterocycles. The molecule has 2 atom stereocenters. The molecule has 1 aromatic heterocycles. The normalized spacial score (nSPS) is 20.3. The van der Waals surface area contributed by atoms with Crippen LogP contribution in [0.4, 0.5) is 31.0 Å². The van der Waals surface area contributed by atoms with Gasteiger partial charge in [-0.2, -0.15) is 15.0 Å². The molecular weight excluding hydrogens is 525 g/mol. The van der Waals surface area contributed by atoms with Gasteiger partial charge in [0.2, 0.25) is 23.8 Å². The van der Waals surface area contributed by atoms with Gasteiger partial charge < -0.3 is 30.5 Å². The molecule has 2 unspecified atom stereocenters. The Bertz CT molecular complexity index is 1070. The molecule has 4 rings (SSSR count). The van der Waals surface area contributed by atoms with Crippen LogP contribution in [0.1, 0.15) is 31.2 Å². The van der Waals surface area contributed by atoms with Crippen LogP contribution in [0.5, 0.6) is 5.75 Å². The predicted molar refractivity (Wildman–Crippen MR) is 141 cm³/mol. The van der Waals surface area contributed by atoms with Crippen molar-refractivity contribution in [3.05, 3.63) is 29.8 Å². The fourth-order valence-electron chi connectivity index (χ4n) is 4.63. The van der Waals surface area contributed by atoms with Gasteiger partial charge in [0.15, 0.2) is 0 Å². The van der Waals surface area contributed by atoms with Crippen LogP contribution in [-0.4, -0.2) is 78.4 Å². The molecule has 2 aromatic rings. The first-order valence-electron chi connectivity index (χ1n) is 12.5. The number of para-hydroxylation sites is 1. The first-order chi connectivity index (χ1) is 17.7. The number of halogens is 4. The van der Waals surface area contributed by atoms with Crippen molar-refractivity contribution in [3.8, 4) is 5.75 Å². The number of hydrogen-bond acceptors (Lipinski definition) is 9. The quantitative estimate of drug-likeness (QED) is 0.450. The van der Waals surface area contributed by atoms with Gasteiger partial charge in [-0.1, -0.05) is 24.6 Å². The molecule has 3 N–H and O–H groups in total. The van der Waals surface area contributed by atoms with E-state index in [1.54, 1.807) is 13.1 Å². The maximum Gasteiger partial charge on any atom is 0.573 e. The minimum Gasteiger partial charge on any atom is -0.405 e. The molecule has 1 saturated carbocycles. The molecule has 2 fully saturated rings. The SMILES string of the molecule is CNc1nc(NC2CCCC(C(=O)NCc3ccccc3OC(F)(F)F)C2)nc(N2CCN(C)CC2)n1.Cl.